The summed E-state index contributed by atoms with van der Waals surface area (Å²) in [6, 6.07) is 0. The van der Waals surface area contributed by atoms with Crippen molar-refractivity contribution in [2.45, 2.75) is 76.9 Å². The van der Waals surface area contributed by atoms with E-state index in [0.717, 1.165) is 25.7 Å². The zero-order valence-corrected chi connectivity index (χ0v) is 23.9. The van der Waals surface area contributed by atoms with Gasteiger partial charge in [-0.15, -0.1) is 0 Å². The Labute approximate surface area is 237 Å². The third-order valence-electron chi connectivity index (χ3n) is 3.77. The largest absolute Gasteiger partial charge is 1.00 e. The first kappa shape index (κ1) is 36.7. The molecule has 11 heteroatoms. The van der Waals surface area contributed by atoms with Gasteiger partial charge in [-0.2, -0.15) is 0 Å². The van der Waals surface area contributed by atoms with Crippen LogP contribution in [0.3, 0.4) is 0 Å². The third kappa shape index (κ3) is 17.1. The summed E-state index contributed by atoms with van der Waals surface area (Å²) < 4.78 is 9.38. The fraction of sp³-hybridized carbons (Fsp3) is 0.824. The van der Waals surface area contributed by atoms with Crippen LogP contribution in [0, 0.1) is 0 Å². The van der Waals surface area contributed by atoms with Crippen molar-refractivity contribution in [3.05, 3.63) is 0 Å². The van der Waals surface area contributed by atoms with Crippen LogP contribution in [-0.4, -0.2) is 52.2 Å². The summed E-state index contributed by atoms with van der Waals surface area (Å²) >= 11 is 0. The maximum absolute atomic E-state index is 11.2. The summed E-state index contributed by atoms with van der Waals surface area (Å²) in [7, 11) is 0. The molecule has 0 aliphatic heterocycles. The molecule has 0 rings (SSSR count). The number of ether oxygens (including phenoxy) is 2. The number of hydrogen-bond acceptors (Lipinski definition) is 5. The number of hydrogen-bond donors (Lipinski definition) is 3. The zero-order chi connectivity index (χ0) is 19.1. The Bertz CT molecular complexity index is 421. The monoisotopic (exact) mass is 434 g/mol. The Morgan fingerprint density at radius 2 is 1.11 bits per heavy atom. The SMILES string of the molecule is CCCCCCCCCCCCOC(OCC(=O)O)(C(=O)O)C(=O)O.[H-].[H-].[H-].[Na+].[Na+].[Na+]. The number of carboxylic acid groups (broad SMARTS) is 3. The maximum atomic E-state index is 11.2. The molecule has 152 valence electrons. The second-order valence-electron chi connectivity index (χ2n) is 5.94. The van der Waals surface area contributed by atoms with Gasteiger partial charge in [0, 0.05) is 0 Å². The number of carboxylic acids is 3. The molecule has 3 N–H and O–H groups in total. The Morgan fingerprint density at radius 3 is 1.46 bits per heavy atom. The van der Waals surface area contributed by atoms with E-state index in [1.165, 1.54) is 32.1 Å². The smallest absolute Gasteiger partial charge is 1.00 e. The molecule has 28 heavy (non-hydrogen) atoms. The van der Waals surface area contributed by atoms with Gasteiger partial charge in [-0.25, -0.2) is 14.4 Å². The van der Waals surface area contributed by atoms with Crippen LogP contribution >= 0.6 is 0 Å². The van der Waals surface area contributed by atoms with Crippen LogP contribution in [0.1, 0.15) is 75.4 Å². The van der Waals surface area contributed by atoms with Crippen molar-refractivity contribution in [3.63, 3.8) is 0 Å². The molecule has 0 atom stereocenters. The predicted molar refractivity (Wildman–Crippen MR) is 92.7 cm³/mol. The number of aliphatic carboxylic acids is 3. The van der Waals surface area contributed by atoms with Gasteiger partial charge >= 0.3 is 112 Å². The van der Waals surface area contributed by atoms with Gasteiger partial charge in [-0.3, -0.25) is 0 Å². The third-order valence-corrected chi connectivity index (χ3v) is 3.77. The fourth-order valence-electron chi connectivity index (χ4n) is 2.35. The molecule has 0 unspecified atom stereocenters. The van der Waals surface area contributed by atoms with E-state index in [2.05, 4.69) is 11.7 Å². The van der Waals surface area contributed by atoms with Crippen LogP contribution in [0.4, 0.5) is 0 Å². The van der Waals surface area contributed by atoms with Crippen molar-refractivity contribution < 1.29 is 132 Å². The summed E-state index contributed by atoms with van der Waals surface area (Å²) in [6.45, 7) is 0.976. The standard InChI is InChI=1S/C17H30O8.3Na.3H/c1-2-3-4-5-6-7-8-9-10-11-12-24-17(15(20)21,16(22)23)25-13-14(18)19;;;;;;/h2-13H2,1H3,(H,18,19)(H,20,21)(H,22,23);;;;;;/q;3*+1;3*-1. The van der Waals surface area contributed by atoms with Crippen LogP contribution < -0.4 is 88.7 Å². The summed E-state index contributed by atoms with van der Waals surface area (Å²) in [5.74, 6) is -8.21. The first-order valence-electron chi connectivity index (χ1n) is 8.83. The molecule has 8 nitrogen and oxygen atoms in total. The van der Waals surface area contributed by atoms with Crippen molar-refractivity contribution in [2.75, 3.05) is 13.2 Å². The number of carbonyl (C=O) groups is 3. The Kier molecular flexibility index (Phi) is 30.1. The minimum Gasteiger partial charge on any atom is -1.00 e. The molecule has 0 saturated heterocycles. The fourth-order valence-corrected chi connectivity index (χ4v) is 2.35. The Hall–Kier alpha value is 1.33. The van der Waals surface area contributed by atoms with Crippen molar-refractivity contribution in [3.8, 4) is 0 Å². The van der Waals surface area contributed by atoms with Crippen molar-refractivity contribution in [2.24, 2.45) is 0 Å². The number of rotatable bonds is 17. The van der Waals surface area contributed by atoms with E-state index < -0.39 is 30.3 Å². The van der Waals surface area contributed by atoms with Gasteiger partial charge in [0.25, 0.3) is 0 Å². The van der Waals surface area contributed by atoms with Gasteiger partial charge in [0.2, 0.25) is 0 Å². The number of unbranched alkanes of at least 4 members (excludes halogenated alkanes) is 9. The van der Waals surface area contributed by atoms with Crippen LogP contribution in [0.5, 0.6) is 0 Å². The molecule has 0 aliphatic rings. The van der Waals surface area contributed by atoms with E-state index in [9.17, 15) is 14.4 Å². The molecular formula is C17H33Na3O8. The van der Waals surface area contributed by atoms with E-state index in [1.807, 2.05) is 0 Å². The molecular weight excluding hydrogens is 401 g/mol. The average molecular weight is 434 g/mol. The molecule has 0 spiro atoms. The van der Waals surface area contributed by atoms with Gasteiger partial charge in [0.15, 0.2) is 0 Å². The topological polar surface area (TPSA) is 130 Å². The van der Waals surface area contributed by atoms with Gasteiger partial charge in [0.05, 0.1) is 6.61 Å². The molecule has 0 aromatic heterocycles. The van der Waals surface area contributed by atoms with Crippen molar-refractivity contribution >= 4 is 17.9 Å². The quantitative estimate of drug-likeness (QED) is 0.0894. The summed E-state index contributed by atoms with van der Waals surface area (Å²) in [5, 5.41) is 26.6. The molecule has 0 aromatic rings. The van der Waals surface area contributed by atoms with Gasteiger partial charge in [-0.1, -0.05) is 64.7 Å². The molecule has 0 bridgehead atoms. The summed E-state index contributed by atoms with van der Waals surface area (Å²) in [4.78, 5) is 32.8. The Morgan fingerprint density at radius 1 is 0.714 bits per heavy atom. The minimum absolute atomic E-state index is 0. The van der Waals surface area contributed by atoms with Crippen LogP contribution in [0.2, 0.25) is 0 Å². The summed E-state index contributed by atoms with van der Waals surface area (Å²) in [5.41, 5.74) is 0. The van der Waals surface area contributed by atoms with E-state index in [1.54, 1.807) is 0 Å². The van der Waals surface area contributed by atoms with E-state index in [4.69, 9.17) is 20.1 Å². The first-order valence-corrected chi connectivity index (χ1v) is 8.83. The van der Waals surface area contributed by atoms with Gasteiger partial charge < -0.3 is 29.1 Å². The van der Waals surface area contributed by atoms with Gasteiger partial charge in [-0.05, 0) is 6.42 Å². The molecule has 0 fully saturated rings. The molecule has 0 radical (unpaired) electrons. The normalized spacial score (nSPS) is 10.2. The second-order valence-corrected chi connectivity index (χ2v) is 5.94. The average Bonchev–Trinajstić information content (AvgIpc) is 2.54. The second kappa shape index (κ2) is 23.0. The van der Waals surface area contributed by atoms with Crippen LogP contribution in [0.15, 0.2) is 0 Å². The zero-order valence-electron chi connectivity index (χ0n) is 20.9. The van der Waals surface area contributed by atoms with E-state index in [0.29, 0.717) is 6.42 Å². The van der Waals surface area contributed by atoms with E-state index >= 15 is 0 Å². The molecule has 0 heterocycles. The molecule has 0 aliphatic carbocycles. The van der Waals surface area contributed by atoms with Crippen LogP contribution in [0.25, 0.3) is 0 Å². The van der Waals surface area contributed by atoms with E-state index in [-0.39, 0.29) is 99.6 Å². The molecule has 0 saturated carbocycles. The van der Waals surface area contributed by atoms with Crippen molar-refractivity contribution in [1.82, 2.24) is 0 Å². The van der Waals surface area contributed by atoms with Crippen molar-refractivity contribution in [1.29, 1.82) is 0 Å². The Balaban J connectivity index is -0.000000192. The molecule has 0 amide bonds. The molecule has 0 aromatic carbocycles. The maximum Gasteiger partial charge on any atom is 1.00 e. The minimum atomic E-state index is -2.97. The first-order chi connectivity index (χ1) is 11.9. The summed E-state index contributed by atoms with van der Waals surface area (Å²) in [6.07, 6.45) is 10.7. The van der Waals surface area contributed by atoms with Gasteiger partial charge in [0.1, 0.15) is 6.61 Å². The predicted octanol–water partition coefficient (Wildman–Crippen LogP) is -5.76. The van der Waals surface area contributed by atoms with Crippen LogP contribution in [-0.2, 0) is 23.9 Å².